The van der Waals surface area contributed by atoms with Gasteiger partial charge in [0.1, 0.15) is 0 Å². The number of pyridine rings is 1. The molecule has 2 heteroatoms. The molecule has 1 aromatic heterocycles. The number of benzene rings is 1. The number of aromatic nitrogens is 1. The molecule has 1 aromatic carbocycles. The number of nitrogens with two attached hydrogens (primary N) is 1. The zero-order chi connectivity index (χ0) is 12.4. The summed E-state index contributed by atoms with van der Waals surface area (Å²) in [5, 5.41) is 0. The van der Waals surface area contributed by atoms with Gasteiger partial charge in [0.25, 0.3) is 0 Å². The molecular weight excluding hydrogens is 208 g/mol. The Bertz CT molecular complexity index is 513. The van der Waals surface area contributed by atoms with E-state index in [1.54, 1.807) is 6.20 Å². The maximum absolute atomic E-state index is 6.05. The highest BCUT2D eigenvalue weighted by atomic mass is 14.7. The molecule has 0 aliphatic heterocycles. The molecule has 2 rings (SSSR count). The van der Waals surface area contributed by atoms with Crippen LogP contribution < -0.4 is 5.73 Å². The third-order valence-electron chi connectivity index (χ3n) is 3.06. The van der Waals surface area contributed by atoms with Gasteiger partial charge in [0.05, 0.1) is 11.4 Å². The lowest BCUT2D eigenvalue weighted by Crippen LogP contribution is -1.96. The van der Waals surface area contributed by atoms with Crippen LogP contribution in [0.1, 0.15) is 30.9 Å². The highest BCUT2D eigenvalue weighted by molar-refractivity contribution is 5.74. The standard InChI is InChI=1S/C15H18N2/c1-10(2)12-4-6-13(7-5-12)15-14(16)11(3)8-9-17-15/h4-10H,16H2,1-3H3. The van der Waals surface area contributed by atoms with Gasteiger partial charge in [0.15, 0.2) is 0 Å². The largest absolute Gasteiger partial charge is 0.397 e. The van der Waals surface area contributed by atoms with Gasteiger partial charge in [-0.2, -0.15) is 0 Å². The molecule has 0 atom stereocenters. The van der Waals surface area contributed by atoms with Crippen LogP contribution in [0.5, 0.6) is 0 Å². The molecule has 0 unspecified atom stereocenters. The van der Waals surface area contributed by atoms with Crippen molar-refractivity contribution in [3.63, 3.8) is 0 Å². The van der Waals surface area contributed by atoms with E-state index < -0.39 is 0 Å². The number of nitrogens with zero attached hydrogens (tertiary/aromatic N) is 1. The zero-order valence-electron chi connectivity index (χ0n) is 10.6. The molecular formula is C15H18N2. The van der Waals surface area contributed by atoms with Crippen molar-refractivity contribution in [2.24, 2.45) is 0 Å². The van der Waals surface area contributed by atoms with Crippen molar-refractivity contribution < 1.29 is 0 Å². The summed E-state index contributed by atoms with van der Waals surface area (Å²) in [5.74, 6) is 0.548. The van der Waals surface area contributed by atoms with Crippen LogP contribution in [-0.2, 0) is 0 Å². The Kier molecular flexibility index (Phi) is 3.14. The maximum atomic E-state index is 6.05. The average molecular weight is 226 g/mol. The number of anilines is 1. The molecule has 0 spiro atoms. The van der Waals surface area contributed by atoms with Gasteiger partial charge in [0.2, 0.25) is 0 Å². The molecule has 1 heterocycles. The summed E-state index contributed by atoms with van der Waals surface area (Å²) in [4.78, 5) is 4.36. The molecule has 88 valence electrons. The van der Waals surface area contributed by atoms with Gasteiger partial charge in [-0.15, -0.1) is 0 Å². The molecule has 2 nitrogen and oxygen atoms in total. The van der Waals surface area contributed by atoms with Crippen LogP contribution in [0.4, 0.5) is 5.69 Å². The van der Waals surface area contributed by atoms with Crippen molar-refractivity contribution in [2.45, 2.75) is 26.7 Å². The molecule has 0 aliphatic rings. The second kappa shape index (κ2) is 4.58. The first kappa shape index (κ1) is 11.6. The summed E-state index contributed by atoms with van der Waals surface area (Å²) in [6.07, 6.45) is 1.80. The number of hydrogen-bond acceptors (Lipinski definition) is 2. The van der Waals surface area contributed by atoms with Gasteiger partial charge in [-0.3, -0.25) is 4.98 Å². The quantitative estimate of drug-likeness (QED) is 0.846. The lowest BCUT2D eigenvalue weighted by atomic mass is 10.00. The van der Waals surface area contributed by atoms with Gasteiger partial charge >= 0.3 is 0 Å². The summed E-state index contributed by atoms with van der Waals surface area (Å²) in [7, 11) is 0. The highest BCUT2D eigenvalue weighted by Gasteiger charge is 2.06. The number of aryl methyl sites for hydroxylation is 1. The van der Waals surface area contributed by atoms with E-state index in [1.165, 1.54) is 5.56 Å². The average Bonchev–Trinajstić information content (AvgIpc) is 2.33. The SMILES string of the molecule is Cc1ccnc(-c2ccc(C(C)C)cc2)c1N. The van der Waals surface area contributed by atoms with Crippen molar-refractivity contribution in [3.05, 3.63) is 47.7 Å². The van der Waals surface area contributed by atoms with Gasteiger partial charge in [0, 0.05) is 11.8 Å². The summed E-state index contributed by atoms with van der Waals surface area (Å²) < 4.78 is 0. The van der Waals surface area contributed by atoms with E-state index in [2.05, 4.69) is 43.1 Å². The normalized spacial score (nSPS) is 10.8. The Morgan fingerprint density at radius 3 is 2.29 bits per heavy atom. The van der Waals surface area contributed by atoms with Crippen molar-refractivity contribution in [2.75, 3.05) is 5.73 Å². The first-order valence-corrected chi connectivity index (χ1v) is 5.91. The van der Waals surface area contributed by atoms with Crippen LogP contribution in [0, 0.1) is 6.92 Å². The lowest BCUT2D eigenvalue weighted by Gasteiger charge is -2.09. The Labute approximate surface area is 103 Å². The fraction of sp³-hybridized carbons (Fsp3) is 0.267. The minimum atomic E-state index is 0.548. The number of rotatable bonds is 2. The molecule has 0 radical (unpaired) electrons. The molecule has 0 amide bonds. The monoisotopic (exact) mass is 226 g/mol. The molecule has 0 saturated heterocycles. The first-order chi connectivity index (χ1) is 8.09. The van der Waals surface area contributed by atoms with Gasteiger partial charge in [-0.25, -0.2) is 0 Å². The fourth-order valence-corrected chi connectivity index (χ4v) is 1.83. The van der Waals surface area contributed by atoms with Crippen LogP contribution in [0.25, 0.3) is 11.3 Å². The second-order valence-corrected chi connectivity index (χ2v) is 4.67. The molecule has 2 aromatic rings. The minimum Gasteiger partial charge on any atom is -0.397 e. The molecule has 2 N–H and O–H groups in total. The summed E-state index contributed by atoms with van der Waals surface area (Å²) in [6.45, 7) is 6.38. The Hall–Kier alpha value is -1.83. The predicted molar refractivity (Wildman–Crippen MR) is 72.9 cm³/mol. The molecule has 0 aliphatic carbocycles. The number of hydrogen-bond donors (Lipinski definition) is 1. The van der Waals surface area contributed by atoms with Crippen molar-refractivity contribution in [1.82, 2.24) is 4.98 Å². The van der Waals surface area contributed by atoms with E-state index in [-0.39, 0.29) is 0 Å². The van der Waals surface area contributed by atoms with Gasteiger partial charge < -0.3 is 5.73 Å². The van der Waals surface area contributed by atoms with Crippen LogP contribution in [0.2, 0.25) is 0 Å². The van der Waals surface area contributed by atoms with Crippen molar-refractivity contribution in [3.8, 4) is 11.3 Å². The molecule has 0 fully saturated rings. The third-order valence-corrected chi connectivity index (χ3v) is 3.06. The Balaban J connectivity index is 2.43. The van der Waals surface area contributed by atoms with Crippen LogP contribution >= 0.6 is 0 Å². The van der Waals surface area contributed by atoms with Gasteiger partial charge in [-0.1, -0.05) is 38.1 Å². The summed E-state index contributed by atoms with van der Waals surface area (Å²) in [5.41, 5.74) is 11.2. The summed E-state index contributed by atoms with van der Waals surface area (Å²) >= 11 is 0. The highest BCUT2D eigenvalue weighted by Crippen LogP contribution is 2.27. The maximum Gasteiger partial charge on any atom is 0.0933 e. The van der Waals surface area contributed by atoms with Crippen molar-refractivity contribution in [1.29, 1.82) is 0 Å². The Morgan fingerprint density at radius 2 is 1.71 bits per heavy atom. The summed E-state index contributed by atoms with van der Waals surface area (Å²) in [6, 6.07) is 10.4. The second-order valence-electron chi connectivity index (χ2n) is 4.67. The molecule has 17 heavy (non-hydrogen) atoms. The van der Waals surface area contributed by atoms with Crippen LogP contribution in [0.15, 0.2) is 36.5 Å². The minimum absolute atomic E-state index is 0.548. The lowest BCUT2D eigenvalue weighted by molar-refractivity contribution is 0.867. The molecule has 0 bridgehead atoms. The number of nitrogen functional groups attached to an aromatic ring is 1. The van der Waals surface area contributed by atoms with E-state index in [4.69, 9.17) is 5.73 Å². The zero-order valence-corrected chi connectivity index (χ0v) is 10.6. The van der Waals surface area contributed by atoms with E-state index >= 15 is 0 Å². The van der Waals surface area contributed by atoms with E-state index in [9.17, 15) is 0 Å². The van der Waals surface area contributed by atoms with E-state index in [0.717, 1.165) is 22.5 Å². The van der Waals surface area contributed by atoms with Crippen molar-refractivity contribution >= 4 is 5.69 Å². The topological polar surface area (TPSA) is 38.9 Å². The van der Waals surface area contributed by atoms with E-state index in [0.29, 0.717) is 5.92 Å². The van der Waals surface area contributed by atoms with E-state index in [1.807, 2.05) is 13.0 Å². The smallest absolute Gasteiger partial charge is 0.0933 e. The fourth-order valence-electron chi connectivity index (χ4n) is 1.83. The predicted octanol–water partition coefficient (Wildman–Crippen LogP) is 3.76. The third kappa shape index (κ3) is 2.31. The van der Waals surface area contributed by atoms with Gasteiger partial charge in [-0.05, 0) is 30.0 Å². The Morgan fingerprint density at radius 1 is 1.06 bits per heavy atom. The van der Waals surface area contributed by atoms with Crippen LogP contribution in [0.3, 0.4) is 0 Å². The molecule has 0 saturated carbocycles. The first-order valence-electron chi connectivity index (χ1n) is 5.91. The van der Waals surface area contributed by atoms with Crippen LogP contribution in [-0.4, -0.2) is 4.98 Å².